The van der Waals surface area contributed by atoms with Crippen molar-refractivity contribution in [3.63, 3.8) is 0 Å². The lowest BCUT2D eigenvalue weighted by molar-refractivity contribution is 1.28. The van der Waals surface area contributed by atoms with Gasteiger partial charge < -0.3 is 5.32 Å². The van der Waals surface area contributed by atoms with E-state index in [0.29, 0.717) is 11.6 Å². The van der Waals surface area contributed by atoms with Gasteiger partial charge in [-0.15, -0.1) is 0 Å². The lowest BCUT2D eigenvalue weighted by Crippen LogP contribution is -2.02. The highest BCUT2D eigenvalue weighted by Gasteiger charge is 2.05. The van der Waals surface area contributed by atoms with E-state index in [0.717, 1.165) is 14.6 Å². The van der Waals surface area contributed by atoms with Gasteiger partial charge in [0.25, 0.3) is 0 Å². The van der Waals surface area contributed by atoms with Crippen LogP contribution in [0.1, 0.15) is 5.56 Å². The molecule has 15 heavy (non-hydrogen) atoms. The first-order chi connectivity index (χ1) is 7.04. The van der Waals surface area contributed by atoms with Crippen LogP contribution in [0.5, 0.6) is 0 Å². The van der Waals surface area contributed by atoms with Crippen LogP contribution in [0.25, 0.3) is 0 Å². The summed E-state index contributed by atoms with van der Waals surface area (Å²) < 4.78 is 1.99. The summed E-state index contributed by atoms with van der Waals surface area (Å²) in [7, 11) is 0. The minimum atomic E-state index is 0.505. The Morgan fingerprint density at radius 2 is 1.93 bits per heavy atom. The van der Waals surface area contributed by atoms with Crippen molar-refractivity contribution < 1.29 is 0 Å². The van der Waals surface area contributed by atoms with Gasteiger partial charge in [-0.1, -0.05) is 23.2 Å². The molecular weight excluding hydrogens is 365 g/mol. The summed E-state index contributed by atoms with van der Waals surface area (Å²) in [6, 6.07) is 4.07. The highest BCUT2D eigenvalue weighted by molar-refractivity contribution is 9.11. The molecule has 0 spiro atoms. The van der Waals surface area contributed by atoms with Gasteiger partial charge in [0, 0.05) is 19.5 Å². The predicted octanol–water partition coefficient (Wildman–Crippen LogP) is 5.25. The van der Waals surface area contributed by atoms with Crippen LogP contribution in [0, 0.1) is 6.92 Å². The molecule has 1 aromatic carbocycles. The summed E-state index contributed by atoms with van der Waals surface area (Å²) in [6.45, 7) is 2.54. The molecule has 0 radical (unpaired) electrons. The van der Waals surface area contributed by atoms with Crippen LogP contribution in [0.15, 0.2) is 31.6 Å². The maximum atomic E-state index is 5.79. The largest absolute Gasteiger partial charge is 0.378 e. The normalized spacial score (nSPS) is 11.7. The first-order valence-electron chi connectivity index (χ1n) is 4.19. The fraction of sp³-hybridized carbons (Fsp3) is 0.200. The monoisotopic (exact) mass is 371 g/mol. The van der Waals surface area contributed by atoms with Crippen molar-refractivity contribution in [2.45, 2.75) is 6.92 Å². The van der Waals surface area contributed by atoms with E-state index < -0.39 is 0 Å². The average molecular weight is 374 g/mol. The van der Waals surface area contributed by atoms with Gasteiger partial charge in [-0.05, 0) is 56.5 Å². The fourth-order valence-electron chi connectivity index (χ4n) is 1.08. The van der Waals surface area contributed by atoms with Gasteiger partial charge in [-0.2, -0.15) is 0 Å². The third kappa shape index (κ3) is 3.99. The smallest absolute Gasteiger partial charge is 0.0632 e. The second-order valence-corrected chi connectivity index (χ2v) is 5.43. The second kappa shape index (κ2) is 6.14. The van der Waals surface area contributed by atoms with E-state index >= 15 is 0 Å². The summed E-state index contributed by atoms with van der Waals surface area (Å²) in [4.78, 5) is 0. The number of anilines is 1. The van der Waals surface area contributed by atoms with Crippen molar-refractivity contribution in [3.8, 4) is 0 Å². The Morgan fingerprint density at radius 1 is 1.40 bits per heavy atom. The third-order valence-corrected chi connectivity index (χ3v) is 3.61. The molecule has 0 heterocycles. The SMILES string of the molecule is Cc1cc(Br)c(NCC(Cl)=CCl)c(Br)c1. The Labute approximate surface area is 116 Å². The molecule has 1 nitrogen and oxygen atoms in total. The first kappa shape index (κ1) is 13.4. The van der Waals surface area contributed by atoms with Crippen LogP contribution in [-0.2, 0) is 0 Å². The highest BCUT2D eigenvalue weighted by Crippen LogP contribution is 2.32. The molecule has 1 N–H and O–H groups in total. The summed E-state index contributed by atoms with van der Waals surface area (Å²) in [6.07, 6.45) is 0. The highest BCUT2D eigenvalue weighted by atomic mass is 79.9. The number of halogens is 4. The number of aryl methyl sites for hydroxylation is 1. The number of nitrogens with one attached hydrogen (secondary N) is 1. The molecule has 0 bridgehead atoms. The molecule has 0 unspecified atom stereocenters. The zero-order valence-electron chi connectivity index (χ0n) is 7.95. The topological polar surface area (TPSA) is 12.0 Å². The standard InChI is InChI=1S/C10H9Br2Cl2N/c1-6-2-8(11)10(9(12)3-6)15-5-7(14)4-13/h2-4,15H,5H2,1H3. The van der Waals surface area contributed by atoms with Crippen LogP contribution in [0.3, 0.4) is 0 Å². The van der Waals surface area contributed by atoms with Gasteiger partial charge in [-0.3, -0.25) is 0 Å². The molecule has 82 valence electrons. The third-order valence-electron chi connectivity index (χ3n) is 1.74. The molecule has 0 atom stereocenters. The van der Waals surface area contributed by atoms with Crippen LogP contribution >= 0.6 is 55.1 Å². The molecule has 0 aromatic heterocycles. The van der Waals surface area contributed by atoms with Gasteiger partial charge in [0.1, 0.15) is 0 Å². The minimum Gasteiger partial charge on any atom is -0.378 e. The molecule has 0 aliphatic rings. The van der Waals surface area contributed by atoms with Crippen LogP contribution < -0.4 is 5.32 Å². The number of hydrogen-bond acceptors (Lipinski definition) is 1. The quantitative estimate of drug-likeness (QED) is 0.762. The van der Waals surface area contributed by atoms with Gasteiger partial charge in [0.05, 0.1) is 12.2 Å². The Morgan fingerprint density at radius 3 is 2.40 bits per heavy atom. The van der Waals surface area contributed by atoms with Crippen molar-refractivity contribution in [3.05, 3.63) is 37.2 Å². The zero-order chi connectivity index (χ0) is 11.4. The van der Waals surface area contributed by atoms with Crippen molar-refractivity contribution >= 4 is 60.7 Å². The molecule has 5 heteroatoms. The van der Waals surface area contributed by atoms with Crippen LogP contribution in [0.4, 0.5) is 5.69 Å². The fourth-order valence-corrected chi connectivity index (χ4v) is 2.92. The summed E-state index contributed by atoms with van der Waals surface area (Å²) in [5, 5.41) is 3.75. The molecule has 0 saturated carbocycles. The number of benzene rings is 1. The Kier molecular flexibility index (Phi) is 5.47. The number of hydrogen-bond donors (Lipinski definition) is 1. The number of rotatable bonds is 3. The van der Waals surface area contributed by atoms with E-state index in [1.54, 1.807) is 0 Å². The van der Waals surface area contributed by atoms with E-state index in [2.05, 4.69) is 37.2 Å². The predicted molar refractivity (Wildman–Crippen MR) is 74.9 cm³/mol. The molecule has 1 rings (SSSR count). The van der Waals surface area contributed by atoms with Crippen molar-refractivity contribution in [1.82, 2.24) is 0 Å². The van der Waals surface area contributed by atoms with Gasteiger partial charge in [0.15, 0.2) is 0 Å². The molecular formula is C10H9Br2Cl2N. The second-order valence-electron chi connectivity index (χ2n) is 3.01. The van der Waals surface area contributed by atoms with Gasteiger partial charge >= 0.3 is 0 Å². The van der Waals surface area contributed by atoms with E-state index in [4.69, 9.17) is 23.2 Å². The average Bonchev–Trinajstić information content (AvgIpc) is 2.15. The maximum Gasteiger partial charge on any atom is 0.0632 e. The molecule has 0 fully saturated rings. The lowest BCUT2D eigenvalue weighted by Gasteiger charge is -2.11. The maximum absolute atomic E-state index is 5.79. The Bertz CT molecular complexity index is 368. The van der Waals surface area contributed by atoms with Crippen LogP contribution in [0.2, 0.25) is 0 Å². The minimum absolute atomic E-state index is 0.505. The van der Waals surface area contributed by atoms with Crippen molar-refractivity contribution in [2.24, 2.45) is 0 Å². The van der Waals surface area contributed by atoms with Crippen LogP contribution in [-0.4, -0.2) is 6.54 Å². The van der Waals surface area contributed by atoms with Gasteiger partial charge in [-0.25, -0.2) is 0 Å². The zero-order valence-corrected chi connectivity index (χ0v) is 12.6. The summed E-state index contributed by atoms with van der Waals surface area (Å²) in [5.74, 6) is 0. The molecule has 0 amide bonds. The van der Waals surface area contributed by atoms with E-state index in [1.807, 2.05) is 19.1 Å². The van der Waals surface area contributed by atoms with E-state index in [9.17, 15) is 0 Å². The lowest BCUT2D eigenvalue weighted by atomic mass is 10.2. The molecule has 0 saturated heterocycles. The van der Waals surface area contributed by atoms with E-state index in [1.165, 1.54) is 11.1 Å². The molecule has 0 aliphatic carbocycles. The molecule has 0 aliphatic heterocycles. The Balaban J connectivity index is 2.86. The van der Waals surface area contributed by atoms with Crippen molar-refractivity contribution in [2.75, 3.05) is 11.9 Å². The Hall–Kier alpha value is 0.300. The van der Waals surface area contributed by atoms with E-state index in [-0.39, 0.29) is 0 Å². The van der Waals surface area contributed by atoms with Gasteiger partial charge in [0.2, 0.25) is 0 Å². The summed E-state index contributed by atoms with van der Waals surface area (Å²) >= 11 is 18.2. The summed E-state index contributed by atoms with van der Waals surface area (Å²) in [5.41, 5.74) is 3.50. The molecule has 1 aromatic rings. The van der Waals surface area contributed by atoms with Crippen molar-refractivity contribution in [1.29, 1.82) is 0 Å². The first-order valence-corrected chi connectivity index (χ1v) is 6.59.